The Hall–Kier alpha value is -1.63. The summed E-state index contributed by atoms with van der Waals surface area (Å²) in [6.07, 6.45) is 0. The Morgan fingerprint density at radius 1 is 1.33 bits per heavy atom. The molecular formula is C11H14FNO4S. The molecule has 1 aromatic rings. The van der Waals surface area contributed by atoms with Gasteiger partial charge in [-0.3, -0.25) is 4.72 Å². The molecule has 0 aliphatic carbocycles. The molecular weight excluding hydrogens is 261 g/mol. The third-order valence-electron chi connectivity index (χ3n) is 2.29. The third kappa shape index (κ3) is 2.79. The molecule has 0 heterocycles. The number of rotatable bonds is 3. The van der Waals surface area contributed by atoms with Gasteiger partial charge < -0.3 is 5.11 Å². The monoisotopic (exact) mass is 275 g/mol. The second-order valence-electron chi connectivity index (χ2n) is 4.69. The average molecular weight is 275 g/mol. The molecule has 0 saturated heterocycles. The fourth-order valence-electron chi connectivity index (χ4n) is 1.09. The highest BCUT2D eigenvalue weighted by atomic mass is 32.2. The summed E-state index contributed by atoms with van der Waals surface area (Å²) in [5.41, 5.74) is -0.970. The molecule has 0 spiro atoms. The first-order chi connectivity index (χ1) is 8.06. The zero-order valence-corrected chi connectivity index (χ0v) is 11.0. The number of anilines is 1. The number of benzene rings is 1. The van der Waals surface area contributed by atoms with E-state index < -0.39 is 37.8 Å². The maximum absolute atomic E-state index is 13.5. The summed E-state index contributed by atoms with van der Waals surface area (Å²) >= 11 is 0. The molecule has 0 bridgehead atoms. The minimum absolute atomic E-state index is 0.428. The molecule has 0 radical (unpaired) electrons. The molecule has 18 heavy (non-hydrogen) atoms. The van der Waals surface area contributed by atoms with Crippen LogP contribution in [-0.2, 0) is 10.0 Å². The molecule has 0 unspecified atom stereocenters. The molecule has 2 N–H and O–H groups in total. The summed E-state index contributed by atoms with van der Waals surface area (Å²) in [5, 5.41) is 8.89. The highest BCUT2D eigenvalue weighted by Gasteiger charge is 2.31. The van der Waals surface area contributed by atoms with Crippen LogP contribution in [-0.4, -0.2) is 24.2 Å². The molecule has 0 fully saturated rings. The Bertz CT molecular complexity index is 575. The average Bonchev–Trinajstić information content (AvgIpc) is 2.18. The van der Waals surface area contributed by atoms with E-state index in [1.807, 2.05) is 4.72 Å². The van der Waals surface area contributed by atoms with Crippen molar-refractivity contribution < 1.29 is 22.7 Å². The van der Waals surface area contributed by atoms with E-state index in [0.29, 0.717) is 0 Å². The van der Waals surface area contributed by atoms with Crippen molar-refractivity contribution in [3.8, 4) is 0 Å². The Kier molecular flexibility index (Phi) is 3.66. The smallest absolute Gasteiger partial charge is 0.337 e. The van der Waals surface area contributed by atoms with Gasteiger partial charge in [-0.1, -0.05) is 6.07 Å². The predicted molar refractivity (Wildman–Crippen MR) is 65.7 cm³/mol. The predicted octanol–water partition coefficient (Wildman–Crippen LogP) is 2.06. The van der Waals surface area contributed by atoms with Crippen molar-refractivity contribution in [1.29, 1.82) is 0 Å². The fraction of sp³-hybridized carbons (Fsp3) is 0.364. The van der Waals surface area contributed by atoms with Gasteiger partial charge in [0.1, 0.15) is 5.82 Å². The van der Waals surface area contributed by atoms with Crippen LogP contribution >= 0.6 is 0 Å². The number of sulfonamides is 1. The van der Waals surface area contributed by atoms with E-state index in [2.05, 4.69) is 0 Å². The van der Waals surface area contributed by atoms with Crippen LogP contribution in [0, 0.1) is 5.82 Å². The minimum atomic E-state index is -3.88. The summed E-state index contributed by atoms with van der Waals surface area (Å²) in [7, 11) is -3.88. The van der Waals surface area contributed by atoms with Crippen molar-refractivity contribution >= 4 is 21.7 Å². The van der Waals surface area contributed by atoms with Gasteiger partial charge in [0.25, 0.3) is 0 Å². The van der Waals surface area contributed by atoms with Crippen LogP contribution < -0.4 is 4.72 Å². The van der Waals surface area contributed by atoms with Crippen LogP contribution in [0.3, 0.4) is 0 Å². The molecule has 0 aliphatic rings. The lowest BCUT2D eigenvalue weighted by molar-refractivity contribution is 0.0697. The largest absolute Gasteiger partial charge is 0.478 e. The summed E-state index contributed by atoms with van der Waals surface area (Å²) in [5.74, 6) is -2.33. The van der Waals surface area contributed by atoms with E-state index >= 15 is 0 Å². The highest BCUT2D eigenvalue weighted by Crippen LogP contribution is 2.25. The first-order valence-corrected chi connectivity index (χ1v) is 6.59. The molecule has 0 amide bonds. The number of aromatic carboxylic acids is 1. The summed E-state index contributed by atoms with van der Waals surface area (Å²) < 4.78 is 38.1. The number of hydrogen-bond acceptors (Lipinski definition) is 3. The van der Waals surface area contributed by atoms with Crippen LogP contribution in [0.2, 0.25) is 0 Å². The van der Waals surface area contributed by atoms with Crippen molar-refractivity contribution in [2.75, 3.05) is 4.72 Å². The quantitative estimate of drug-likeness (QED) is 0.884. The van der Waals surface area contributed by atoms with Crippen LogP contribution in [0.25, 0.3) is 0 Å². The topological polar surface area (TPSA) is 83.5 Å². The zero-order valence-electron chi connectivity index (χ0n) is 10.2. The van der Waals surface area contributed by atoms with Gasteiger partial charge in [0.05, 0.1) is 16.0 Å². The molecule has 1 rings (SSSR count). The molecule has 0 saturated carbocycles. The van der Waals surface area contributed by atoms with Crippen LogP contribution in [0.5, 0.6) is 0 Å². The highest BCUT2D eigenvalue weighted by molar-refractivity contribution is 7.94. The van der Waals surface area contributed by atoms with Gasteiger partial charge in [0.15, 0.2) is 0 Å². The Labute approximate surface area is 105 Å². The molecule has 0 aromatic heterocycles. The number of hydrogen-bond donors (Lipinski definition) is 2. The molecule has 0 aliphatic heterocycles. The summed E-state index contributed by atoms with van der Waals surface area (Å²) in [6, 6.07) is 3.33. The van der Waals surface area contributed by atoms with Crippen LogP contribution in [0.1, 0.15) is 31.1 Å². The number of nitrogens with one attached hydrogen (secondary N) is 1. The molecule has 5 nitrogen and oxygen atoms in total. The maximum Gasteiger partial charge on any atom is 0.337 e. The van der Waals surface area contributed by atoms with Crippen LogP contribution in [0.4, 0.5) is 10.1 Å². The minimum Gasteiger partial charge on any atom is -0.478 e. The van der Waals surface area contributed by atoms with E-state index in [-0.39, 0.29) is 0 Å². The first kappa shape index (κ1) is 14.4. The standard InChI is InChI=1S/C11H14FNO4S/c1-11(2,3)18(16,17)13-9-7(10(14)15)5-4-6-8(9)12/h4-6,13H,1-3H3,(H,14,15). The number of carboxylic acids is 1. The lowest BCUT2D eigenvalue weighted by Crippen LogP contribution is -2.34. The fourth-order valence-corrected chi connectivity index (χ4v) is 1.88. The molecule has 1 aromatic carbocycles. The number of carbonyl (C=O) groups is 1. The summed E-state index contributed by atoms with van der Waals surface area (Å²) in [6.45, 7) is 4.28. The van der Waals surface area contributed by atoms with Crippen molar-refractivity contribution in [3.63, 3.8) is 0 Å². The van der Waals surface area contributed by atoms with Crippen LogP contribution in [0.15, 0.2) is 18.2 Å². The van der Waals surface area contributed by atoms with Crippen molar-refractivity contribution in [1.82, 2.24) is 0 Å². The van der Waals surface area contributed by atoms with E-state index in [1.54, 1.807) is 0 Å². The third-order valence-corrected chi connectivity index (χ3v) is 4.37. The lowest BCUT2D eigenvalue weighted by Gasteiger charge is -2.21. The van der Waals surface area contributed by atoms with Gasteiger partial charge >= 0.3 is 5.97 Å². The summed E-state index contributed by atoms with van der Waals surface area (Å²) in [4.78, 5) is 10.9. The second-order valence-corrected chi connectivity index (χ2v) is 7.12. The SMILES string of the molecule is CC(C)(C)S(=O)(=O)Nc1c(F)cccc1C(=O)O. The number of halogens is 1. The second kappa shape index (κ2) is 4.56. The van der Waals surface area contributed by atoms with E-state index in [4.69, 9.17) is 5.11 Å². The normalized spacial score (nSPS) is 12.2. The Morgan fingerprint density at radius 3 is 2.33 bits per heavy atom. The van der Waals surface area contributed by atoms with Crippen molar-refractivity contribution in [2.24, 2.45) is 0 Å². The van der Waals surface area contributed by atoms with Gasteiger partial charge in [0.2, 0.25) is 10.0 Å². The van der Waals surface area contributed by atoms with Crippen molar-refractivity contribution in [2.45, 2.75) is 25.5 Å². The van der Waals surface area contributed by atoms with Crippen molar-refractivity contribution in [3.05, 3.63) is 29.6 Å². The van der Waals surface area contributed by atoms with Gasteiger partial charge in [-0.05, 0) is 32.9 Å². The van der Waals surface area contributed by atoms with E-state index in [0.717, 1.165) is 12.1 Å². The molecule has 100 valence electrons. The first-order valence-electron chi connectivity index (χ1n) is 5.10. The zero-order chi connectivity index (χ0) is 14.1. The van der Waals surface area contributed by atoms with Gasteiger partial charge in [0, 0.05) is 0 Å². The molecule has 0 atom stereocenters. The van der Waals surface area contributed by atoms with E-state index in [9.17, 15) is 17.6 Å². The Balaban J connectivity index is 3.33. The van der Waals surface area contributed by atoms with Gasteiger partial charge in [-0.25, -0.2) is 17.6 Å². The molecule has 7 heteroatoms. The number of para-hydroxylation sites is 1. The van der Waals surface area contributed by atoms with Gasteiger partial charge in [-0.2, -0.15) is 0 Å². The van der Waals surface area contributed by atoms with Gasteiger partial charge in [-0.15, -0.1) is 0 Å². The van der Waals surface area contributed by atoms with E-state index in [1.165, 1.54) is 26.8 Å². The number of carboxylic acid groups (broad SMARTS) is 1. The Morgan fingerprint density at radius 2 is 1.89 bits per heavy atom. The lowest BCUT2D eigenvalue weighted by atomic mass is 10.2. The maximum atomic E-state index is 13.5.